The van der Waals surface area contributed by atoms with Gasteiger partial charge in [-0.1, -0.05) is 19.3 Å². The van der Waals surface area contributed by atoms with E-state index in [2.05, 4.69) is 20.9 Å². The standard InChI is InChI=1S/C20H24N4O2/c1-14(25)15-7-9-17(10-8-15)22-18-11-12-19(21-13-18)24-20(26)23-16-5-3-2-4-6-16/h7-13,16,22H,2-6H2,1H3,(H2,21,23,24,26). The summed E-state index contributed by atoms with van der Waals surface area (Å²) in [6, 6.07) is 10.9. The van der Waals surface area contributed by atoms with Gasteiger partial charge in [0.1, 0.15) is 5.82 Å². The Morgan fingerprint density at radius 1 is 0.962 bits per heavy atom. The summed E-state index contributed by atoms with van der Waals surface area (Å²) < 4.78 is 0. The zero-order chi connectivity index (χ0) is 18.4. The minimum Gasteiger partial charge on any atom is -0.354 e. The molecule has 6 nitrogen and oxygen atoms in total. The third-order valence-corrected chi connectivity index (χ3v) is 4.53. The number of pyridine rings is 1. The van der Waals surface area contributed by atoms with Crippen LogP contribution in [-0.2, 0) is 0 Å². The molecule has 1 aliphatic rings. The maximum Gasteiger partial charge on any atom is 0.320 e. The smallest absolute Gasteiger partial charge is 0.320 e. The molecule has 1 fully saturated rings. The number of amides is 2. The fourth-order valence-corrected chi connectivity index (χ4v) is 3.08. The lowest BCUT2D eigenvalue weighted by atomic mass is 9.96. The van der Waals surface area contributed by atoms with E-state index >= 15 is 0 Å². The SMILES string of the molecule is CC(=O)c1ccc(Nc2ccc(NC(=O)NC3CCCCC3)nc2)cc1. The molecule has 0 saturated heterocycles. The Balaban J connectivity index is 1.52. The van der Waals surface area contributed by atoms with Crippen LogP contribution in [-0.4, -0.2) is 22.8 Å². The van der Waals surface area contributed by atoms with E-state index < -0.39 is 0 Å². The van der Waals surface area contributed by atoms with Crippen LogP contribution < -0.4 is 16.0 Å². The summed E-state index contributed by atoms with van der Waals surface area (Å²) in [5, 5.41) is 8.99. The highest BCUT2D eigenvalue weighted by Gasteiger charge is 2.15. The molecule has 136 valence electrons. The Kier molecular flexibility index (Phi) is 5.84. The predicted molar refractivity (Wildman–Crippen MR) is 103 cm³/mol. The average molecular weight is 352 g/mol. The molecule has 2 amide bonds. The molecule has 0 aliphatic heterocycles. The Labute approximate surface area is 153 Å². The van der Waals surface area contributed by atoms with Gasteiger partial charge in [0.05, 0.1) is 11.9 Å². The Bertz CT molecular complexity index is 750. The molecule has 1 aromatic carbocycles. The number of anilines is 3. The molecule has 1 heterocycles. The van der Waals surface area contributed by atoms with Crippen LogP contribution in [0.3, 0.4) is 0 Å². The van der Waals surface area contributed by atoms with E-state index in [9.17, 15) is 9.59 Å². The molecule has 0 radical (unpaired) electrons. The third kappa shape index (κ3) is 5.05. The first kappa shape index (κ1) is 17.9. The summed E-state index contributed by atoms with van der Waals surface area (Å²) in [5.74, 6) is 0.552. The molecule has 3 N–H and O–H groups in total. The summed E-state index contributed by atoms with van der Waals surface area (Å²) in [6.07, 6.45) is 7.37. The summed E-state index contributed by atoms with van der Waals surface area (Å²) in [7, 11) is 0. The number of carbonyl (C=O) groups excluding carboxylic acids is 2. The van der Waals surface area contributed by atoms with Crippen molar-refractivity contribution in [1.29, 1.82) is 0 Å². The van der Waals surface area contributed by atoms with E-state index in [0.717, 1.165) is 24.2 Å². The first-order valence-corrected chi connectivity index (χ1v) is 9.02. The van der Waals surface area contributed by atoms with Crippen molar-refractivity contribution < 1.29 is 9.59 Å². The van der Waals surface area contributed by atoms with Crippen LogP contribution in [0.25, 0.3) is 0 Å². The van der Waals surface area contributed by atoms with Crippen LogP contribution in [0.5, 0.6) is 0 Å². The molecule has 26 heavy (non-hydrogen) atoms. The fraction of sp³-hybridized carbons (Fsp3) is 0.350. The Hall–Kier alpha value is -2.89. The summed E-state index contributed by atoms with van der Waals surface area (Å²) in [5.41, 5.74) is 2.35. The second-order valence-corrected chi connectivity index (χ2v) is 6.62. The van der Waals surface area contributed by atoms with Crippen molar-refractivity contribution in [2.45, 2.75) is 45.1 Å². The zero-order valence-electron chi connectivity index (χ0n) is 14.9. The largest absolute Gasteiger partial charge is 0.354 e. The molecule has 2 aromatic rings. The quantitative estimate of drug-likeness (QED) is 0.693. The second kappa shape index (κ2) is 8.47. The van der Waals surface area contributed by atoms with Crippen molar-refractivity contribution in [2.75, 3.05) is 10.6 Å². The minimum atomic E-state index is -0.204. The van der Waals surface area contributed by atoms with Crippen molar-refractivity contribution >= 4 is 29.0 Å². The highest BCUT2D eigenvalue weighted by atomic mass is 16.2. The van der Waals surface area contributed by atoms with Gasteiger partial charge in [-0.25, -0.2) is 9.78 Å². The topological polar surface area (TPSA) is 83.1 Å². The lowest BCUT2D eigenvalue weighted by molar-refractivity contribution is 0.101. The van der Waals surface area contributed by atoms with Crippen LogP contribution in [0.2, 0.25) is 0 Å². The molecule has 0 unspecified atom stereocenters. The normalized spacial score (nSPS) is 14.5. The predicted octanol–water partition coefficient (Wildman–Crippen LogP) is 4.48. The molecule has 0 spiro atoms. The van der Waals surface area contributed by atoms with Gasteiger partial charge in [-0.3, -0.25) is 10.1 Å². The number of aromatic nitrogens is 1. The van der Waals surface area contributed by atoms with Gasteiger partial charge in [-0.2, -0.15) is 0 Å². The van der Waals surface area contributed by atoms with Crippen molar-refractivity contribution in [3.63, 3.8) is 0 Å². The fourth-order valence-electron chi connectivity index (χ4n) is 3.08. The van der Waals surface area contributed by atoms with Crippen molar-refractivity contribution in [1.82, 2.24) is 10.3 Å². The number of nitrogens with one attached hydrogen (secondary N) is 3. The number of hydrogen-bond acceptors (Lipinski definition) is 4. The molecule has 6 heteroatoms. The lowest BCUT2D eigenvalue weighted by Crippen LogP contribution is -2.39. The third-order valence-electron chi connectivity index (χ3n) is 4.53. The van der Waals surface area contributed by atoms with E-state index in [0.29, 0.717) is 11.4 Å². The van der Waals surface area contributed by atoms with Crippen molar-refractivity contribution in [3.05, 3.63) is 48.2 Å². The molecular weight excluding hydrogens is 328 g/mol. The zero-order valence-corrected chi connectivity index (χ0v) is 14.9. The monoisotopic (exact) mass is 352 g/mol. The van der Waals surface area contributed by atoms with E-state index in [4.69, 9.17) is 0 Å². The van der Waals surface area contributed by atoms with Crippen LogP contribution in [0.4, 0.5) is 22.0 Å². The highest BCUT2D eigenvalue weighted by molar-refractivity contribution is 5.94. The number of Topliss-reactive ketones (excluding diaryl/α,β-unsaturated/α-hetero) is 1. The number of ketones is 1. The number of rotatable bonds is 5. The molecular formula is C20H24N4O2. The van der Waals surface area contributed by atoms with Gasteiger partial charge in [-0.05, 0) is 56.2 Å². The van der Waals surface area contributed by atoms with Gasteiger partial charge >= 0.3 is 6.03 Å². The summed E-state index contributed by atoms with van der Waals surface area (Å²) >= 11 is 0. The van der Waals surface area contributed by atoms with Gasteiger partial charge in [0.25, 0.3) is 0 Å². The number of urea groups is 1. The van der Waals surface area contributed by atoms with Crippen molar-refractivity contribution in [2.24, 2.45) is 0 Å². The maximum atomic E-state index is 12.0. The van der Waals surface area contributed by atoms with Gasteiger partial charge in [-0.15, -0.1) is 0 Å². The molecule has 3 rings (SSSR count). The first-order valence-electron chi connectivity index (χ1n) is 9.02. The number of hydrogen-bond donors (Lipinski definition) is 3. The molecule has 1 saturated carbocycles. The van der Waals surface area contributed by atoms with Gasteiger partial charge in [0.2, 0.25) is 0 Å². The average Bonchev–Trinajstić information content (AvgIpc) is 2.64. The Morgan fingerprint density at radius 3 is 2.27 bits per heavy atom. The molecule has 1 aromatic heterocycles. The summed E-state index contributed by atoms with van der Waals surface area (Å²) in [6.45, 7) is 1.54. The molecule has 0 bridgehead atoms. The van der Waals surface area contributed by atoms with Crippen LogP contribution >= 0.6 is 0 Å². The van der Waals surface area contributed by atoms with E-state index in [-0.39, 0.29) is 17.9 Å². The van der Waals surface area contributed by atoms with Gasteiger partial charge < -0.3 is 10.6 Å². The minimum absolute atomic E-state index is 0.0418. The second-order valence-electron chi connectivity index (χ2n) is 6.62. The lowest BCUT2D eigenvalue weighted by Gasteiger charge is -2.22. The maximum absolute atomic E-state index is 12.0. The van der Waals surface area contributed by atoms with Crippen LogP contribution in [0.15, 0.2) is 42.6 Å². The van der Waals surface area contributed by atoms with E-state index in [1.807, 2.05) is 18.2 Å². The number of nitrogens with zero attached hydrogens (tertiary/aromatic N) is 1. The first-order chi connectivity index (χ1) is 12.6. The van der Waals surface area contributed by atoms with Crippen LogP contribution in [0.1, 0.15) is 49.4 Å². The number of carbonyl (C=O) groups is 2. The summed E-state index contributed by atoms with van der Waals surface area (Å²) in [4.78, 5) is 27.6. The highest BCUT2D eigenvalue weighted by Crippen LogP contribution is 2.19. The van der Waals surface area contributed by atoms with Gasteiger partial charge in [0, 0.05) is 17.3 Å². The Morgan fingerprint density at radius 2 is 1.65 bits per heavy atom. The van der Waals surface area contributed by atoms with Crippen LogP contribution in [0, 0.1) is 0 Å². The number of benzene rings is 1. The van der Waals surface area contributed by atoms with Crippen molar-refractivity contribution in [3.8, 4) is 0 Å². The molecule has 0 atom stereocenters. The molecule has 1 aliphatic carbocycles. The van der Waals surface area contributed by atoms with E-state index in [1.165, 1.54) is 19.3 Å². The van der Waals surface area contributed by atoms with E-state index in [1.54, 1.807) is 31.3 Å². The van der Waals surface area contributed by atoms with Gasteiger partial charge in [0.15, 0.2) is 5.78 Å².